The highest BCUT2D eigenvalue weighted by Crippen LogP contribution is 2.15. The number of ketones is 1. The molecule has 2 N–H and O–H groups in total. The molecule has 0 aliphatic carbocycles. The Morgan fingerprint density at radius 3 is 2.42 bits per heavy atom. The minimum Gasteiger partial charge on any atom is -0.360 e. The molecule has 0 spiro atoms. The van der Waals surface area contributed by atoms with Gasteiger partial charge in [-0.2, -0.15) is 10.5 Å². The SMILES string of the molecule is N#CC(=CNc1ccc(C(=O)c2ccccc2)cc1)c1nn[nH]n1. The molecular formula is C17H12N6O. The van der Waals surface area contributed by atoms with Crippen LogP contribution < -0.4 is 5.32 Å². The zero-order valence-electron chi connectivity index (χ0n) is 12.5. The molecule has 0 saturated heterocycles. The summed E-state index contributed by atoms with van der Waals surface area (Å²) in [4.78, 5) is 12.3. The van der Waals surface area contributed by atoms with Gasteiger partial charge in [0.25, 0.3) is 0 Å². The van der Waals surface area contributed by atoms with Crippen molar-refractivity contribution in [2.24, 2.45) is 0 Å². The van der Waals surface area contributed by atoms with Gasteiger partial charge in [0.05, 0.1) is 0 Å². The van der Waals surface area contributed by atoms with Crippen LogP contribution >= 0.6 is 0 Å². The third-order valence-corrected chi connectivity index (χ3v) is 3.27. The van der Waals surface area contributed by atoms with Crippen LogP contribution in [0.4, 0.5) is 5.69 Å². The summed E-state index contributed by atoms with van der Waals surface area (Å²) in [5.74, 6) is 0.170. The van der Waals surface area contributed by atoms with E-state index in [2.05, 4.69) is 25.9 Å². The number of carbonyl (C=O) groups excluding carboxylic acids is 1. The number of aromatic nitrogens is 4. The highest BCUT2D eigenvalue weighted by Gasteiger charge is 2.08. The Balaban J connectivity index is 1.73. The fraction of sp³-hybridized carbons (Fsp3) is 0. The maximum atomic E-state index is 12.3. The highest BCUT2D eigenvalue weighted by molar-refractivity contribution is 6.09. The van der Waals surface area contributed by atoms with Gasteiger partial charge in [0.15, 0.2) is 5.78 Å². The lowest BCUT2D eigenvalue weighted by molar-refractivity contribution is 0.103. The Morgan fingerprint density at radius 2 is 1.79 bits per heavy atom. The van der Waals surface area contributed by atoms with Gasteiger partial charge in [0.2, 0.25) is 5.82 Å². The summed E-state index contributed by atoms with van der Waals surface area (Å²) in [6.45, 7) is 0. The van der Waals surface area contributed by atoms with Gasteiger partial charge in [-0.1, -0.05) is 30.3 Å². The first-order valence-electron chi connectivity index (χ1n) is 7.08. The van der Waals surface area contributed by atoms with Crippen LogP contribution in [-0.4, -0.2) is 26.4 Å². The number of aromatic amines is 1. The van der Waals surface area contributed by atoms with Crippen molar-refractivity contribution in [3.63, 3.8) is 0 Å². The Hall–Kier alpha value is -3.79. The van der Waals surface area contributed by atoms with Crippen molar-refractivity contribution >= 4 is 17.0 Å². The third kappa shape index (κ3) is 3.34. The number of allylic oxidation sites excluding steroid dienone is 1. The van der Waals surface area contributed by atoms with Crippen LogP contribution in [0.25, 0.3) is 5.57 Å². The van der Waals surface area contributed by atoms with Crippen molar-refractivity contribution in [2.45, 2.75) is 0 Å². The molecule has 116 valence electrons. The van der Waals surface area contributed by atoms with Gasteiger partial charge >= 0.3 is 0 Å². The van der Waals surface area contributed by atoms with Gasteiger partial charge in [-0.25, -0.2) is 0 Å². The number of H-pyrrole nitrogens is 1. The van der Waals surface area contributed by atoms with Crippen LogP contribution in [-0.2, 0) is 0 Å². The van der Waals surface area contributed by atoms with Gasteiger partial charge in [-0.15, -0.1) is 10.2 Å². The first-order chi connectivity index (χ1) is 11.8. The average molecular weight is 316 g/mol. The molecule has 7 nitrogen and oxygen atoms in total. The van der Waals surface area contributed by atoms with Crippen LogP contribution in [0.15, 0.2) is 60.8 Å². The Labute approximate surface area is 137 Å². The largest absolute Gasteiger partial charge is 0.360 e. The summed E-state index contributed by atoms with van der Waals surface area (Å²) in [7, 11) is 0. The number of anilines is 1. The van der Waals surface area contributed by atoms with E-state index in [4.69, 9.17) is 5.26 Å². The number of nitriles is 1. The molecule has 0 unspecified atom stereocenters. The Morgan fingerprint density at radius 1 is 1.08 bits per heavy atom. The molecule has 0 aliphatic rings. The van der Waals surface area contributed by atoms with Gasteiger partial charge < -0.3 is 5.32 Å². The molecule has 0 aliphatic heterocycles. The second kappa shape index (κ2) is 6.98. The van der Waals surface area contributed by atoms with Crippen molar-refractivity contribution < 1.29 is 4.79 Å². The maximum absolute atomic E-state index is 12.3. The molecule has 1 heterocycles. The summed E-state index contributed by atoms with van der Waals surface area (Å²) >= 11 is 0. The molecule has 0 bridgehead atoms. The quantitative estimate of drug-likeness (QED) is 0.553. The van der Waals surface area contributed by atoms with Crippen molar-refractivity contribution in [1.82, 2.24) is 20.6 Å². The number of benzene rings is 2. The normalized spacial score (nSPS) is 10.9. The van der Waals surface area contributed by atoms with E-state index >= 15 is 0 Å². The average Bonchev–Trinajstić information content (AvgIpc) is 3.17. The van der Waals surface area contributed by atoms with Crippen molar-refractivity contribution in [3.05, 3.63) is 77.7 Å². The van der Waals surface area contributed by atoms with E-state index in [1.54, 1.807) is 36.4 Å². The molecule has 0 saturated carbocycles. The number of carbonyl (C=O) groups is 1. The molecule has 2 aromatic carbocycles. The molecule has 24 heavy (non-hydrogen) atoms. The van der Waals surface area contributed by atoms with E-state index in [0.29, 0.717) is 11.1 Å². The van der Waals surface area contributed by atoms with Gasteiger partial charge in [0, 0.05) is 23.0 Å². The summed E-state index contributed by atoms with van der Waals surface area (Å²) < 4.78 is 0. The first kappa shape index (κ1) is 15.1. The fourth-order valence-corrected chi connectivity index (χ4v) is 2.05. The molecule has 0 amide bonds. The number of hydrogen-bond donors (Lipinski definition) is 2. The minimum absolute atomic E-state index is 0.0396. The molecular weight excluding hydrogens is 304 g/mol. The number of nitrogens with one attached hydrogen (secondary N) is 2. The summed E-state index contributed by atoms with van der Waals surface area (Å²) in [5, 5.41) is 25.3. The smallest absolute Gasteiger partial charge is 0.216 e. The predicted molar refractivity (Wildman–Crippen MR) is 87.7 cm³/mol. The lowest BCUT2D eigenvalue weighted by Gasteiger charge is -2.04. The number of tetrazole rings is 1. The van der Waals surface area contributed by atoms with Crippen molar-refractivity contribution in [1.29, 1.82) is 5.26 Å². The number of hydrogen-bond acceptors (Lipinski definition) is 6. The molecule has 7 heteroatoms. The van der Waals surface area contributed by atoms with Gasteiger partial charge in [-0.05, 0) is 29.5 Å². The zero-order valence-corrected chi connectivity index (χ0v) is 12.5. The van der Waals surface area contributed by atoms with E-state index in [9.17, 15) is 4.79 Å². The second-order valence-electron chi connectivity index (χ2n) is 4.82. The van der Waals surface area contributed by atoms with E-state index in [0.717, 1.165) is 5.69 Å². The van der Waals surface area contributed by atoms with Crippen molar-refractivity contribution in [2.75, 3.05) is 5.32 Å². The van der Waals surface area contributed by atoms with Crippen molar-refractivity contribution in [3.8, 4) is 6.07 Å². The van der Waals surface area contributed by atoms with Crippen LogP contribution in [0, 0.1) is 11.3 Å². The van der Waals surface area contributed by atoms with Crippen LogP contribution in [0.2, 0.25) is 0 Å². The van der Waals surface area contributed by atoms with E-state index in [1.807, 2.05) is 24.3 Å². The molecule has 0 radical (unpaired) electrons. The fourth-order valence-electron chi connectivity index (χ4n) is 2.05. The molecule has 0 atom stereocenters. The molecule has 0 fully saturated rings. The first-order valence-corrected chi connectivity index (χ1v) is 7.08. The Kier molecular flexibility index (Phi) is 4.40. The monoisotopic (exact) mass is 316 g/mol. The van der Waals surface area contributed by atoms with Crippen LogP contribution in [0.3, 0.4) is 0 Å². The molecule has 3 rings (SSSR count). The minimum atomic E-state index is -0.0396. The van der Waals surface area contributed by atoms with Crippen LogP contribution in [0.1, 0.15) is 21.7 Å². The second-order valence-corrected chi connectivity index (χ2v) is 4.82. The maximum Gasteiger partial charge on any atom is 0.216 e. The summed E-state index contributed by atoms with van der Waals surface area (Å²) in [6.07, 6.45) is 1.48. The molecule has 3 aromatic rings. The third-order valence-electron chi connectivity index (χ3n) is 3.27. The standard InChI is InChI=1S/C17H12N6O/c18-10-14(17-20-22-23-21-17)11-19-15-8-6-13(7-9-15)16(24)12-4-2-1-3-5-12/h1-9,11,19H,(H,20,21,22,23). The highest BCUT2D eigenvalue weighted by atomic mass is 16.1. The predicted octanol–water partition coefficient (Wildman–Crippen LogP) is 2.41. The van der Waals surface area contributed by atoms with E-state index < -0.39 is 0 Å². The Bertz CT molecular complexity index is 893. The summed E-state index contributed by atoms with van der Waals surface area (Å²) in [6, 6.07) is 18.0. The zero-order chi connectivity index (χ0) is 16.8. The number of nitrogens with zero attached hydrogens (tertiary/aromatic N) is 4. The lowest BCUT2D eigenvalue weighted by atomic mass is 10.0. The topological polar surface area (TPSA) is 107 Å². The molecule has 1 aromatic heterocycles. The van der Waals surface area contributed by atoms with Gasteiger partial charge in [0.1, 0.15) is 11.6 Å². The van der Waals surface area contributed by atoms with Crippen LogP contribution in [0.5, 0.6) is 0 Å². The van der Waals surface area contributed by atoms with E-state index in [-0.39, 0.29) is 17.2 Å². The summed E-state index contributed by atoms with van der Waals surface area (Å²) in [5.41, 5.74) is 2.21. The lowest BCUT2D eigenvalue weighted by Crippen LogP contribution is -2.01. The van der Waals surface area contributed by atoms with E-state index in [1.165, 1.54) is 6.20 Å². The number of rotatable bonds is 5. The van der Waals surface area contributed by atoms with Gasteiger partial charge in [-0.3, -0.25) is 4.79 Å².